The summed E-state index contributed by atoms with van der Waals surface area (Å²) < 4.78 is 31.3. The molecular weight excluding hydrogens is 298 g/mol. The standard InChI is InChI=1S/C11H9BrF2O3/c1-2-17-9(16)5-8(15)10-7(13)4-3-6(12)11(10)14/h3-4H,2,5H2,1H3. The lowest BCUT2D eigenvalue weighted by Crippen LogP contribution is -2.14. The van der Waals surface area contributed by atoms with Gasteiger partial charge in [-0.1, -0.05) is 0 Å². The number of esters is 1. The number of ether oxygens (including phenoxy) is 1. The van der Waals surface area contributed by atoms with E-state index in [1.165, 1.54) is 0 Å². The van der Waals surface area contributed by atoms with Gasteiger partial charge in [0.2, 0.25) is 0 Å². The summed E-state index contributed by atoms with van der Waals surface area (Å²) in [5.41, 5.74) is -0.729. The Balaban J connectivity index is 2.97. The Morgan fingerprint density at radius 3 is 2.59 bits per heavy atom. The first-order valence-corrected chi connectivity index (χ1v) is 5.59. The highest BCUT2D eigenvalue weighted by Crippen LogP contribution is 2.22. The molecule has 0 atom stereocenters. The topological polar surface area (TPSA) is 43.4 Å². The summed E-state index contributed by atoms with van der Waals surface area (Å²) in [7, 11) is 0. The van der Waals surface area contributed by atoms with Crippen molar-refractivity contribution in [2.24, 2.45) is 0 Å². The lowest BCUT2D eigenvalue weighted by atomic mass is 10.1. The van der Waals surface area contributed by atoms with Crippen molar-refractivity contribution in [1.82, 2.24) is 0 Å². The fourth-order valence-electron chi connectivity index (χ4n) is 1.21. The molecule has 0 aliphatic carbocycles. The molecule has 0 spiro atoms. The molecule has 0 heterocycles. The number of hydrogen-bond donors (Lipinski definition) is 0. The highest BCUT2D eigenvalue weighted by molar-refractivity contribution is 9.10. The second-order valence-corrected chi connectivity index (χ2v) is 3.98. The summed E-state index contributed by atoms with van der Waals surface area (Å²) in [6.07, 6.45) is -0.682. The van der Waals surface area contributed by atoms with Crippen LogP contribution in [0.5, 0.6) is 0 Å². The van der Waals surface area contributed by atoms with Crippen molar-refractivity contribution in [3.05, 3.63) is 33.8 Å². The number of hydrogen-bond acceptors (Lipinski definition) is 3. The second-order valence-electron chi connectivity index (χ2n) is 3.12. The van der Waals surface area contributed by atoms with E-state index in [-0.39, 0.29) is 11.1 Å². The monoisotopic (exact) mass is 306 g/mol. The molecule has 1 aromatic rings. The van der Waals surface area contributed by atoms with Crippen molar-refractivity contribution in [2.45, 2.75) is 13.3 Å². The molecule has 0 N–H and O–H groups in total. The fraction of sp³-hybridized carbons (Fsp3) is 0.273. The molecular formula is C11H9BrF2O3. The van der Waals surface area contributed by atoms with Gasteiger partial charge in [-0.05, 0) is 35.0 Å². The maximum Gasteiger partial charge on any atom is 0.313 e. The summed E-state index contributed by atoms with van der Waals surface area (Å²) in [5, 5.41) is 0. The Morgan fingerprint density at radius 2 is 2.00 bits per heavy atom. The number of Topliss-reactive ketones (excluding diaryl/α,β-unsaturated/α-hetero) is 1. The quantitative estimate of drug-likeness (QED) is 0.372. The Bertz CT molecular complexity index is 460. The van der Waals surface area contributed by atoms with Gasteiger partial charge in [0.05, 0.1) is 16.6 Å². The van der Waals surface area contributed by atoms with E-state index < -0.39 is 35.4 Å². The van der Waals surface area contributed by atoms with Gasteiger partial charge < -0.3 is 4.74 Å². The van der Waals surface area contributed by atoms with Crippen LogP contribution in [0.15, 0.2) is 16.6 Å². The van der Waals surface area contributed by atoms with E-state index in [0.717, 1.165) is 12.1 Å². The van der Waals surface area contributed by atoms with Gasteiger partial charge in [0.15, 0.2) is 11.6 Å². The van der Waals surface area contributed by atoms with Gasteiger partial charge in [-0.3, -0.25) is 9.59 Å². The molecule has 0 fully saturated rings. The minimum atomic E-state index is -1.01. The van der Waals surface area contributed by atoms with Crippen molar-refractivity contribution < 1.29 is 23.1 Å². The van der Waals surface area contributed by atoms with Crippen molar-refractivity contribution in [3.8, 4) is 0 Å². The summed E-state index contributed by atoms with van der Waals surface area (Å²) >= 11 is 2.84. The number of carbonyl (C=O) groups is 2. The third-order valence-electron chi connectivity index (χ3n) is 1.93. The highest BCUT2D eigenvalue weighted by atomic mass is 79.9. The van der Waals surface area contributed by atoms with Crippen LogP contribution in [-0.4, -0.2) is 18.4 Å². The van der Waals surface area contributed by atoms with Gasteiger partial charge in [-0.15, -0.1) is 0 Å². The molecule has 1 aromatic carbocycles. The molecule has 1 rings (SSSR count). The SMILES string of the molecule is CCOC(=O)CC(=O)c1c(F)ccc(Br)c1F. The lowest BCUT2D eigenvalue weighted by Gasteiger charge is -2.05. The third-order valence-corrected chi connectivity index (χ3v) is 2.55. The van der Waals surface area contributed by atoms with Gasteiger partial charge in [-0.25, -0.2) is 8.78 Å². The normalized spacial score (nSPS) is 10.1. The van der Waals surface area contributed by atoms with Crippen LogP contribution in [0.25, 0.3) is 0 Å². The van der Waals surface area contributed by atoms with Crippen molar-refractivity contribution in [1.29, 1.82) is 0 Å². The van der Waals surface area contributed by atoms with E-state index in [1.807, 2.05) is 0 Å². The molecule has 92 valence electrons. The molecule has 0 saturated carbocycles. The summed E-state index contributed by atoms with van der Waals surface area (Å²) in [5.74, 6) is -3.77. The first kappa shape index (κ1) is 13.8. The average Bonchev–Trinajstić information content (AvgIpc) is 2.24. The molecule has 0 aliphatic rings. The fourth-order valence-corrected chi connectivity index (χ4v) is 1.54. The number of ketones is 1. The molecule has 0 unspecified atom stereocenters. The first-order valence-electron chi connectivity index (χ1n) is 4.79. The Morgan fingerprint density at radius 1 is 1.35 bits per heavy atom. The zero-order valence-corrected chi connectivity index (χ0v) is 10.5. The zero-order valence-electron chi connectivity index (χ0n) is 8.93. The number of carbonyl (C=O) groups excluding carboxylic acids is 2. The van der Waals surface area contributed by atoms with Crippen LogP contribution in [0.2, 0.25) is 0 Å². The maximum absolute atomic E-state index is 13.5. The van der Waals surface area contributed by atoms with E-state index in [0.29, 0.717) is 0 Å². The molecule has 17 heavy (non-hydrogen) atoms. The number of benzene rings is 1. The maximum atomic E-state index is 13.5. The molecule has 0 radical (unpaired) electrons. The smallest absolute Gasteiger partial charge is 0.313 e. The van der Waals surface area contributed by atoms with Crippen LogP contribution in [0.3, 0.4) is 0 Å². The van der Waals surface area contributed by atoms with E-state index in [2.05, 4.69) is 20.7 Å². The highest BCUT2D eigenvalue weighted by Gasteiger charge is 2.22. The first-order chi connectivity index (χ1) is 7.97. The molecule has 0 aromatic heterocycles. The molecule has 3 nitrogen and oxygen atoms in total. The van der Waals surface area contributed by atoms with Gasteiger partial charge in [0, 0.05) is 0 Å². The number of halogens is 3. The van der Waals surface area contributed by atoms with Crippen LogP contribution in [0.1, 0.15) is 23.7 Å². The van der Waals surface area contributed by atoms with Crippen molar-refractivity contribution in [3.63, 3.8) is 0 Å². The molecule has 0 saturated heterocycles. The minimum Gasteiger partial charge on any atom is -0.466 e. The van der Waals surface area contributed by atoms with E-state index in [1.54, 1.807) is 6.92 Å². The Kier molecular flexibility index (Phi) is 4.74. The van der Waals surface area contributed by atoms with Gasteiger partial charge >= 0.3 is 5.97 Å². The second kappa shape index (κ2) is 5.86. The van der Waals surface area contributed by atoms with Gasteiger partial charge in [-0.2, -0.15) is 0 Å². The molecule has 0 amide bonds. The van der Waals surface area contributed by atoms with Crippen LogP contribution in [0, 0.1) is 11.6 Å². The van der Waals surface area contributed by atoms with Crippen LogP contribution in [-0.2, 0) is 9.53 Å². The predicted octanol–water partition coefficient (Wildman–Crippen LogP) is 2.86. The van der Waals surface area contributed by atoms with Crippen LogP contribution >= 0.6 is 15.9 Å². The molecule has 6 heteroatoms. The largest absolute Gasteiger partial charge is 0.466 e. The number of rotatable bonds is 4. The summed E-state index contributed by atoms with van der Waals surface area (Å²) in [4.78, 5) is 22.6. The van der Waals surface area contributed by atoms with E-state index in [9.17, 15) is 18.4 Å². The summed E-state index contributed by atoms with van der Waals surface area (Å²) in [6.45, 7) is 1.68. The Hall–Kier alpha value is -1.30. The molecule has 0 bridgehead atoms. The molecule has 0 aliphatic heterocycles. The van der Waals surface area contributed by atoms with Crippen LogP contribution in [0.4, 0.5) is 8.78 Å². The lowest BCUT2D eigenvalue weighted by molar-refractivity contribution is -0.141. The van der Waals surface area contributed by atoms with Crippen molar-refractivity contribution >= 4 is 27.7 Å². The van der Waals surface area contributed by atoms with Crippen molar-refractivity contribution in [2.75, 3.05) is 6.61 Å². The van der Waals surface area contributed by atoms with Gasteiger partial charge in [0.25, 0.3) is 0 Å². The summed E-state index contributed by atoms with van der Waals surface area (Å²) in [6, 6.07) is 2.09. The average molecular weight is 307 g/mol. The van der Waals surface area contributed by atoms with Gasteiger partial charge in [0.1, 0.15) is 12.2 Å². The van der Waals surface area contributed by atoms with E-state index in [4.69, 9.17) is 0 Å². The zero-order chi connectivity index (χ0) is 13.0. The van der Waals surface area contributed by atoms with Crippen LogP contribution < -0.4 is 0 Å². The Labute approximate surface area is 105 Å². The third kappa shape index (κ3) is 3.33. The van der Waals surface area contributed by atoms with E-state index >= 15 is 0 Å². The minimum absolute atomic E-state index is 0.0360. The predicted molar refractivity (Wildman–Crippen MR) is 59.6 cm³/mol.